The SMILES string of the molecule is Cc1nc2c(n1CC(CN)C(F)(F)F)CCCC2. The van der Waals surface area contributed by atoms with Crippen molar-refractivity contribution in [1.29, 1.82) is 0 Å². The van der Waals surface area contributed by atoms with Crippen molar-refractivity contribution in [3.8, 4) is 0 Å². The maximum Gasteiger partial charge on any atom is 0.394 e. The van der Waals surface area contributed by atoms with E-state index in [0.29, 0.717) is 5.82 Å². The molecule has 0 radical (unpaired) electrons. The van der Waals surface area contributed by atoms with Gasteiger partial charge in [0.2, 0.25) is 0 Å². The van der Waals surface area contributed by atoms with Gasteiger partial charge < -0.3 is 10.3 Å². The molecule has 1 atom stereocenters. The first kappa shape index (κ1) is 13.4. The minimum Gasteiger partial charge on any atom is -0.331 e. The summed E-state index contributed by atoms with van der Waals surface area (Å²) in [6.45, 7) is 1.28. The van der Waals surface area contributed by atoms with Crippen molar-refractivity contribution < 1.29 is 13.2 Å². The largest absolute Gasteiger partial charge is 0.394 e. The summed E-state index contributed by atoms with van der Waals surface area (Å²) < 4.78 is 40.0. The zero-order valence-electron chi connectivity index (χ0n) is 10.4. The second kappa shape index (κ2) is 4.91. The minimum atomic E-state index is -4.24. The fourth-order valence-electron chi connectivity index (χ4n) is 2.51. The Morgan fingerprint density at radius 3 is 2.61 bits per heavy atom. The normalized spacial score (nSPS) is 17.6. The maximum atomic E-state index is 12.8. The van der Waals surface area contributed by atoms with Crippen LogP contribution in [0.4, 0.5) is 13.2 Å². The molecule has 0 bridgehead atoms. The van der Waals surface area contributed by atoms with E-state index in [4.69, 9.17) is 5.73 Å². The molecule has 2 rings (SSSR count). The number of nitrogens with zero attached hydrogens (tertiary/aromatic N) is 2. The van der Waals surface area contributed by atoms with Crippen LogP contribution in [0.2, 0.25) is 0 Å². The summed E-state index contributed by atoms with van der Waals surface area (Å²) in [5, 5.41) is 0. The third kappa shape index (κ3) is 2.53. The molecule has 0 saturated heterocycles. The second-order valence-corrected chi connectivity index (χ2v) is 4.84. The zero-order valence-corrected chi connectivity index (χ0v) is 10.4. The minimum absolute atomic E-state index is 0.103. The van der Waals surface area contributed by atoms with Crippen molar-refractivity contribution in [2.75, 3.05) is 6.54 Å². The molecule has 1 aromatic heterocycles. The maximum absolute atomic E-state index is 12.8. The van der Waals surface area contributed by atoms with E-state index in [1.54, 1.807) is 11.5 Å². The average molecular weight is 261 g/mol. The van der Waals surface area contributed by atoms with E-state index < -0.39 is 12.1 Å². The van der Waals surface area contributed by atoms with Gasteiger partial charge in [-0.1, -0.05) is 0 Å². The van der Waals surface area contributed by atoms with Gasteiger partial charge in [0.25, 0.3) is 0 Å². The quantitative estimate of drug-likeness (QED) is 0.906. The number of imidazole rings is 1. The van der Waals surface area contributed by atoms with E-state index in [1.165, 1.54) is 0 Å². The summed E-state index contributed by atoms with van der Waals surface area (Å²) in [5.41, 5.74) is 7.19. The Morgan fingerprint density at radius 1 is 1.33 bits per heavy atom. The van der Waals surface area contributed by atoms with E-state index in [0.717, 1.165) is 37.1 Å². The van der Waals surface area contributed by atoms with E-state index in [2.05, 4.69) is 4.98 Å². The average Bonchev–Trinajstić information content (AvgIpc) is 2.60. The highest BCUT2D eigenvalue weighted by Crippen LogP contribution is 2.29. The molecule has 1 unspecified atom stereocenters. The van der Waals surface area contributed by atoms with Crippen LogP contribution >= 0.6 is 0 Å². The van der Waals surface area contributed by atoms with Gasteiger partial charge in [0, 0.05) is 18.8 Å². The first-order chi connectivity index (χ1) is 8.43. The van der Waals surface area contributed by atoms with Gasteiger partial charge in [0.15, 0.2) is 0 Å². The molecule has 102 valence electrons. The highest BCUT2D eigenvalue weighted by Gasteiger charge is 2.39. The Hall–Kier alpha value is -1.04. The van der Waals surface area contributed by atoms with Crippen LogP contribution in [0.15, 0.2) is 0 Å². The summed E-state index contributed by atoms with van der Waals surface area (Å²) in [7, 11) is 0. The summed E-state index contributed by atoms with van der Waals surface area (Å²) in [6, 6.07) is 0. The van der Waals surface area contributed by atoms with Gasteiger partial charge in [0.05, 0.1) is 11.6 Å². The van der Waals surface area contributed by atoms with Crippen molar-refractivity contribution in [2.24, 2.45) is 11.7 Å². The molecule has 0 aromatic carbocycles. The van der Waals surface area contributed by atoms with Gasteiger partial charge in [-0.05, 0) is 32.6 Å². The monoisotopic (exact) mass is 261 g/mol. The molecule has 0 amide bonds. The Balaban J connectivity index is 2.25. The third-order valence-corrected chi connectivity index (χ3v) is 3.57. The van der Waals surface area contributed by atoms with Gasteiger partial charge in [-0.3, -0.25) is 0 Å². The molecule has 2 N–H and O–H groups in total. The van der Waals surface area contributed by atoms with Crippen molar-refractivity contribution in [3.05, 3.63) is 17.2 Å². The first-order valence-electron chi connectivity index (χ1n) is 6.25. The molecule has 0 fully saturated rings. The van der Waals surface area contributed by atoms with Crippen molar-refractivity contribution in [1.82, 2.24) is 9.55 Å². The fraction of sp³-hybridized carbons (Fsp3) is 0.750. The number of hydrogen-bond donors (Lipinski definition) is 1. The standard InChI is InChI=1S/C12H18F3N3/c1-8-17-10-4-2-3-5-11(10)18(8)7-9(6-16)12(13,14)15/h9H,2-7,16H2,1H3. The molecular formula is C12H18F3N3. The Bertz CT molecular complexity index is 423. The van der Waals surface area contributed by atoms with E-state index in [1.807, 2.05) is 0 Å². The summed E-state index contributed by atoms with van der Waals surface area (Å²) >= 11 is 0. The zero-order chi connectivity index (χ0) is 13.3. The molecule has 6 heteroatoms. The number of fused-ring (bicyclic) bond motifs is 1. The molecule has 18 heavy (non-hydrogen) atoms. The van der Waals surface area contributed by atoms with Gasteiger partial charge in [-0.2, -0.15) is 13.2 Å². The predicted octanol–water partition coefficient (Wildman–Crippen LogP) is 2.21. The number of aromatic nitrogens is 2. The van der Waals surface area contributed by atoms with Crippen molar-refractivity contribution in [2.45, 2.75) is 45.3 Å². The van der Waals surface area contributed by atoms with E-state index in [9.17, 15) is 13.2 Å². The Kier molecular flexibility index (Phi) is 3.66. The number of nitrogens with two attached hydrogens (primary N) is 1. The number of hydrogen-bond acceptors (Lipinski definition) is 2. The highest BCUT2D eigenvalue weighted by molar-refractivity contribution is 5.20. The van der Waals surface area contributed by atoms with Gasteiger partial charge in [-0.25, -0.2) is 4.98 Å². The second-order valence-electron chi connectivity index (χ2n) is 4.84. The van der Waals surface area contributed by atoms with Gasteiger partial charge >= 0.3 is 6.18 Å². The van der Waals surface area contributed by atoms with E-state index in [-0.39, 0.29) is 13.1 Å². The van der Waals surface area contributed by atoms with Crippen LogP contribution in [0.1, 0.15) is 30.1 Å². The van der Waals surface area contributed by atoms with Crippen molar-refractivity contribution >= 4 is 0 Å². The van der Waals surface area contributed by atoms with Gasteiger partial charge in [0.1, 0.15) is 5.82 Å². The Morgan fingerprint density at radius 2 is 2.00 bits per heavy atom. The lowest BCUT2D eigenvalue weighted by atomic mass is 10.0. The lowest BCUT2D eigenvalue weighted by Crippen LogP contribution is -2.34. The smallest absolute Gasteiger partial charge is 0.331 e. The molecule has 0 spiro atoms. The molecular weight excluding hydrogens is 243 g/mol. The number of alkyl halides is 3. The van der Waals surface area contributed by atoms with Crippen LogP contribution in [0, 0.1) is 12.8 Å². The highest BCUT2D eigenvalue weighted by atomic mass is 19.4. The van der Waals surface area contributed by atoms with Crippen LogP contribution in [-0.4, -0.2) is 22.3 Å². The summed E-state index contributed by atoms with van der Waals surface area (Å²) in [6.07, 6.45) is -0.443. The van der Waals surface area contributed by atoms with Crippen molar-refractivity contribution in [3.63, 3.8) is 0 Å². The Labute approximate surface area is 104 Å². The predicted molar refractivity (Wildman–Crippen MR) is 62.2 cm³/mol. The summed E-state index contributed by atoms with van der Waals surface area (Å²) in [4.78, 5) is 4.38. The summed E-state index contributed by atoms with van der Waals surface area (Å²) in [5.74, 6) is -0.818. The van der Waals surface area contributed by atoms with E-state index >= 15 is 0 Å². The molecule has 1 aliphatic carbocycles. The van der Waals surface area contributed by atoms with Crippen LogP contribution in [0.3, 0.4) is 0 Å². The van der Waals surface area contributed by atoms with Crippen LogP contribution < -0.4 is 5.73 Å². The molecule has 3 nitrogen and oxygen atoms in total. The number of halogens is 3. The lowest BCUT2D eigenvalue weighted by molar-refractivity contribution is -0.175. The molecule has 1 aromatic rings. The lowest BCUT2D eigenvalue weighted by Gasteiger charge is -2.22. The molecule has 1 aliphatic rings. The van der Waals surface area contributed by atoms with Crippen LogP contribution in [-0.2, 0) is 19.4 Å². The van der Waals surface area contributed by atoms with Crippen LogP contribution in [0.5, 0.6) is 0 Å². The molecule has 0 aliphatic heterocycles. The topological polar surface area (TPSA) is 43.8 Å². The number of aryl methyl sites for hydroxylation is 2. The molecule has 1 heterocycles. The molecule has 0 saturated carbocycles. The first-order valence-corrected chi connectivity index (χ1v) is 6.25. The fourth-order valence-corrected chi connectivity index (χ4v) is 2.51. The third-order valence-electron chi connectivity index (χ3n) is 3.57. The van der Waals surface area contributed by atoms with Gasteiger partial charge in [-0.15, -0.1) is 0 Å². The van der Waals surface area contributed by atoms with Crippen LogP contribution in [0.25, 0.3) is 0 Å². The number of rotatable bonds is 3.